The highest BCUT2D eigenvalue weighted by Gasteiger charge is 2.25. The van der Waals surface area contributed by atoms with E-state index in [4.69, 9.17) is 0 Å². The molecular weight excluding hydrogens is 396 g/mol. The van der Waals surface area contributed by atoms with E-state index in [1.54, 1.807) is 0 Å². The highest BCUT2D eigenvalue weighted by molar-refractivity contribution is 7.12. The molecule has 30 heavy (non-hydrogen) atoms. The van der Waals surface area contributed by atoms with Gasteiger partial charge in [0.2, 0.25) is 5.91 Å². The van der Waals surface area contributed by atoms with E-state index in [1.165, 1.54) is 11.3 Å². The van der Waals surface area contributed by atoms with E-state index >= 15 is 0 Å². The summed E-state index contributed by atoms with van der Waals surface area (Å²) in [4.78, 5) is 29.7. The Balaban J connectivity index is 1.34. The third kappa shape index (κ3) is 4.16. The van der Waals surface area contributed by atoms with Gasteiger partial charge in [0.25, 0.3) is 5.91 Å². The fourth-order valence-electron chi connectivity index (χ4n) is 3.96. The van der Waals surface area contributed by atoms with Crippen molar-refractivity contribution in [3.8, 4) is 5.69 Å². The Bertz CT molecular complexity index is 1020. The third-order valence-corrected chi connectivity index (χ3v) is 6.54. The molecule has 1 aliphatic heterocycles. The Labute approximate surface area is 180 Å². The highest BCUT2D eigenvalue weighted by atomic mass is 32.1. The lowest BCUT2D eigenvalue weighted by molar-refractivity contribution is -0.132. The summed E-state index contributed by atoms with van der Waals surface area (Å²) in [5.74, 6) is 0.209. The summed E-state index contributed by atoms with van der Waals surface area (Å²) in [7, 11) is 0. The largest absolute Gasteiger partial charge is 0.339 e. The predicted molar refractivity (Wildman–Crippen MR) is 118 cm³/mol. The molecule has 4 rings (SSSR count). The third-order valence-electron chi connectivity index (χ3n) is 5.68. The number of piperazine rings is 1. The molecule has 3 heterocycles. The quantitative estimate of drug-likeness (QED) is 0.633. The van der Waals surface area contributed by atoms with Gasteiger partial charge >= 0.3 is 0 Å². The van der Waals surface area contributed by atoms with Crippen molar-refractivity contribution >= 4 is 23.2 Å². The minimum Gasteiger partial charge on any atom is -0.339 e. The molecule has 0 bridgehead atoms. The lowest BCUT2D eigenvalue weighted by atomic mass is 10.1. The number of para-hydroxylation sites is 1. The molecule has 2 aromatic heterocycles. The summed E-state index contributed by atoms with van der Waals surface area (Å²) in [5.41, 5.74) is 4.22. The summed E-state index contributed by atoms with van der Waals surface area (Å²) >= 11 is 1.46. The van der Waals surface area contributed by atoms with Gasteiger partial charge in [0.1, 0.15) is 0 Å². The smallest absolute Gasteiger partial charge is 0.264 e. The number of hydrogen-bond donors (Lipinski definition) is 0. The van der Waals surface area contributed by atoms with Crippen molar-refractivity contribution in [3.05, 3.63) is 69.7 Å². The molecule has 1 fully saturated rings. The van der Waals surface area contributed by atoms with E-state index in [-0.39, 0.29) is 11.8 Å². The zero-order chi connectivity index (χ0) is 21.1. The number of hydrogen-bond acceptors (Lipinski definition) is 4. The fraction of sp³-hybridized carbons (Fsp3) is 0.348. The van der Waals surface area contributed by atoms with Crippen molar-refractivity contribution in [1.82, 2.24) is 19.6 Å². The maximum Gasteiger partial charge on any atom is 0.264 e. The van der Waals surface area contributed by atoms with Crippen LogP contribution < -0.4 is 0 Å². The summed E-state index contributed by atoms with van der Waals surface area (Å²) in [6, 6.07) is 13.8. The Morgan fingerprint density at radius 2 is 1.67 bits per heavy atom. The van der Waals surface area contributed by atoms with Crippen LogP contribution in [-0.4, -0.2) is 57.6 Å². The maximum absolute atomic E-state index is 12.8. The van der Waals surface area contributed by atoms with Crippen LogP contribution in [0.2, 0.25) is 0 Å². The Kier molecular flexibility index (Phi) is 5.99. The van der Waals surface area contributed by atoms with Crippen molar-refractivity contribution < 1.29 is 9.59 Å². The molecule has 1 aliphatic rings. The van der Waals surface area contributed by atoms with Crippen molar-refractivity contribution in [2.45, 2.75) is 26.7 Å². The first-order valence-electron chi connectivity index (χ1n) is 10.3. The zero-order valence-corrected chi connectivity index (χ0v) is 18.2. The van der Waals surface area contributed by atoms with Crippen molar-refractivity contribution in [1.29, 1.82) is 0 Å². The van der Waals surface area contributed by atoms with E-state index in [0.717, 1.165) is 27.5 Å². The average Bonchev–Trinajstić information content (AvgIpc) is 3.41. The molecule has 7 heteroatoms. The van der Waals surface area contributed by atoms with Gasteiger partial charge in [0.15, 0.2) is 0 Å². The van der Waals surface area contributed by atoms with Crippen LogP contribution in [0.1, 0.15) is 33.0 Å². The minimum absolute atomic E-state index is 0.0664. The second-order valence-corrected chi connectivity index (χ2v) is 8.49. The number of amides is 2. The number of aryl methyl sites for hydroxylation is 1. The van der Waals surface area contributed by atoms with Crippen LogP contribution in [0.5, 0.6) is 0 Å². The molecular formula is C23H26N4O2S. The van der Waals surface area contributed by atoms with Crippen LogP contribution >= 0.6 is 11.3 Å². The van der Waals surface area contributed by atoms with Crippen LogP contribution in [0.25, 0.3) is 5.69 Å². The van der Waals surface area contributed by atoms with Crippen LogP contribution in [0.15, 0.2) is 47.8 Å². The Morgan fingerprint density at radius 3 is 2.33 bits per heavy atom. The number of carbonyl (C=O) groups excluding carboxylic acids is 2. The molecule has 0 aliphatic carbocycles. The van der Waals surface area contributed by atoms with Gasteiger partial charge in [-0.3, -0.25) is 9.59 Å². The molecule has 1 aromatic carbocycles. The van der Waals surface area contributed by atoms with Gasteiger partial charge in [0, 0.05) is 38.3 Å². The van der Waals surface area contributed by atoms with Crippen molar-refractivity contribution in [3.63, 3.8) is 0 Å². The molecule has 0 spiro atoms. The molecule has 0 unspecified atom stereocenters. The van der Waals surface area contributed by atoms with E-state index in [0.29, 0.717) is 39.0 Å². The summed E-state index contributed by atoms with van der Waals surface area (Å²) in [6.45, 7) is 6.43. The van der Waals surface area contributed by atoms with Crippen molar-refractivity contribution in [2.75, 3.05) is 26.2 Å². The topological polar surface area (TPSA) is 58.4 Å². The number of rotatable bonds is 5. The normalized spacial score (nSPS) is 14.2. The number of nitrogens with zero attached hydrogens (tertiary/aromatic N) is 4. The molecule has 0 atom stereocenters. The summed E-state index contributed by atoms with van der Waals surface area (Å²) in [5, 5.41) is 6.59. The zero-order valence-electron chi connectivity index (χ0n) is 17.4. The molecule has 0 radical (unpaired) electrons. The lowest BCUT2D eigenvalue weighted by Crippen LogP contribution is -2.50. The van der Waals surface area contributed by atoms with Crippen LogP contribution in [0.3, 0.4) is 0 Å². The van der Waals surface area contributed by atoms with Gasteiger partial charge in [-0.1, -0.05) is 24.3 Å². The first-order valence-corrected chi connectivity index (χ1v) is 11.1. The number of carbonyl (C=O) groups is 2. The van der Waals surface area contributed by atoms with Gasteiger partial charge < -0.3 is 9.80 Å². The predicted octanol–water partition coefficient (Wildman–Crippen LogP) is 3.47. The SMILES string of the molecule is Cc1nn(-c2ccccc2)c(C)c1CCC(=O)N1CCN(C(=O)c2cccs2)CC1. The number of benzene rings is 1. The van der Waals surface area contributed by atoms with Gasteiger partial charge in [-0.25, -0.2) is 4.68 Å². The second-order valence-electron chi connectivity index (χ2n) is 7.55. The molecule has 0 N–H and O–H groups in total. The molecule has 6 nitrogen and oxygen atoms in total. The number of aromatic nitrogens is 2. The molecule has 0 saturated carbocycles. The average molecular weight is 423 g/mol. The van der Waals surface area contributed by atoms with Gasteiger partial charge in [-0.15, -0.1) is 11.3 Å². The standard InChI is InChI=1S/C23H26N4O2S/c1-17-20(18(2)27(24-17)19-7-4-3-5-8-19)10-11-22(28)25-12-14-26(15-13-25)23(29)21-9-6-16-30-21/h3-9,16H,10-15H2,1-2H3. The molecule has 3 aromatic rings. The van der Waals surface area contributed by atoms with E-state index in [1.807, 2.05) is 69.2 Å². The first-order chi connectivity index (χ1) is 14.5. The summed E-state index contributed by atoms with van der Waals surface area (Å²) < 4.78 is 1.95. The first kappa shape index (κ1) is 20.3. The van der Waals surface area contributed by atoms with Crippen LogP contribution in [-0.2, 0) is 11.2 Å². The van der Waals surface area contributed by atoms with E-state index < -0.39 is 0 Å². The molecule has 156 valence electrons. The Morgan fingerprint density at radius 1 is 0.967 bits per heavy atom. The van der Waals surface area contributed by atoms with Gasteiger partial charge in [-0.05, 0) is 49.4 Å². The van der Waals surface area contributed by atoms with Gasteiger partial charge in [0.05, 0.1) is 16.3 Å². The Hall–Kier alpha value is -2.93. The molecule has 1 saturated heterocycles. The van der Waals surface area contributed by atoms with E-state index in [2.05, 4.69) is 12.0 Å². The minimum atomic E-state index is 0.0664. The van der Waals surface area contributed by atoms with Gasteiger partial charge in [-0.2, -0.15) is 5.10 Å². The second kappa shape index (κ2) is 8.83. The van der Waals surface area contributed by atoms with Crippen LogP contribution in [0.4, 0.5) is 0 Å². The summed E-state index contributed by atoms with van der Waals surface area (Å²) in [6.07, 6.45) is 1.14. The van der Waals surface area contributed by atoms with Crippen LogP contribution in [0, 0.1) is 13.8 Å². The lowest BCUT2D eigenvalue weighted by Gasteiger charge is -2.34. The molecule has 2 amide bonds. The van der Waals surface area contributed by atoms with Crippen molar-refractivity contribution in [2.24, 2.45) is 0 Å². The fourth-order valence-corrected chi connectivity index (χ4v) is 4.65. The van der Waals surface area contributed by atoms with E-state index in [9.17, 15) is 9.59 Å². The highest BCUT2D eigenvalue weighted by Crippen LogP contribution is 2.20. The monoisotopic (exact) mass is 422 g/mol. The number of thiophene rings is 1. The maximum atomic E-state index is 12.8.